The summed E-state index contributed by atoms with van der Waals surface area (Å²) in [5, 5.41) is 5.17. The fourth-order valence-electron chi connectivity index (χ4n) is 2.50. The van der Waals surface area contributed by atoms with E-state index in [-0.39, 0.29) is 17.7 Å². The molecule has 6 nitrogen and oxygen atoms in total. The highest BCUT2D eigenvalue weighted by Crippen LogP contribution is 2.20. The molecule has 1 atom stereocenters. The van der Waals surface area contributed by atoms with Gasteiger partial charge in [0, 0.05) is 32.3 Å². The van der Waals surface area contributed by atoms with E-state index in [1.165, 1.54) is 23.1 Å². The van der Waals surface area contributed by atoms with E-state index in [9.17, 15) is 14.0 Å². The highest BCUT2D eigenvalue weighted by Gasteiger charge is 2.19. The minimum Gasteiger partial charge on any atom is -0.376 e. The molecule has 1 fully saturated rings. The number of benzene rings is 1. The van der Waals surface area contributed by atoms with E-state index in [4.69, 9.17) is 4.74 Å². The van der Waals surface area contributed by atoms with E-state index in [0.717, 1.165) is 19.3 Å². The summed E-state index contributed by atoms with van der Waals surface area (Å²) >= 11 is 0. The van der Waals surface area contributed by atoms with Crippen LogP contribution in [0.15, 0.2) is 18.2 Å². The largest absolute Gasteiger partial charge is 0.376 e. The van der Waals surface area contributed by atoms with E-state index in [0.29, 0.717) is 25.3 Å². The molecular formula is C17H24FN3O3. The number of ether oxygens (including phenoxy) is 1. The molecule has 0 aliphatic carbocycles. The van der Waals surface area contributed by atoms with Gasteiger partial charge in [-0.2, -0.15) is 0 Å². The molecule has 1 aromatic rings. The molecule has 2 rings (SSSR count). The third-order valence-corrected chi connectivity index (χ3v) is 3.91. The van der Waals surface area contributed by atoms with Crippen molar-refractivity contribution in [3.05, 3.63) is 24.0 Å². The van der Waals surface area contributed by atoms with Gasteiger partial charge >= 0.3 is 6.03 Å². The van der Waals surface area contributed by atoms with E-state index in [1.54, 1.807) is 14.0 Å². The first-order valence-corrected chi connectivity index (χ1v) is 8.22. The van der Waals surface area contributed by atoms with Gasteiger partial charge < -0.3 is 20.3 Å². The molecule has 24 heavy (non-hydrogen) atoms. The maximum absolute atomic E-state index is 13.9. The lowest BCUT2D eigenvalue weighted by Crippen LogP contribution is -2.39. The topological polar surface area (TPSA) is 70.7 Å². The Labute approximate surface area is 141 Å². The molecule has 0 aromatic heterocycles. The Kier molecular flexibility index (Phi) is 6.54. The molecule has 1 saturated heterocycles. The number of urea groups is 1. The van der Waals surface area contributed by atoms with E-state index in [2.05, 4.69) is 10.6 Å². The Morgan fingerprint density at radius 1 is 1.33 bits per heavy atom. The van der Waals surface area contributed by atoms with Gasteiger partial charge in [0.25, 0.3) is 0 Å². The summed E-state index contributed by atoms with van der Waals surface area (Å²) in [6, 6.07) is 3.66. The van der Waals surface area contributed by atoms with Gasteiger partial charge in [0.15, 0.2) is 0 Å². The number of anilines is 2. The molecule has 7 heteroatoms. The number of carbonyl (C=O) groups excluding carboxylic acids is 2. The smallest absolute Gasteiger partial charge is 0.321 e. The fourth-order valence-corrected chi connectivity index (χ4v) is 2.50. The maximum atomic E-state index is 13.9. The minimum absolute atomic E-state index is 0.0227. The fraction of sp³-hybridized carbons (Fsp3) is 0.529. The molecule has 0 radical (unpaired) electrons. The predicted molar refractivity (Wildman–Crippen MR) is 90.6 cm³/mol. The lowest BCUT2D eigenvalue weighted by Gasteiger charge is -2.27. The second-order valence-corrected chi connectivity index (χ2v) is 5.90. The number of likely N-dealkylation sites (N-methyl/N-ethyl adjacent to an activating group) is 1. The van der Waals surface area contributed by atoms with Crippen molar-refractivity contribution in [3.63, 3.8) is 0 Å². The van der Waals surface area contributed by atoms with Crippen LogP contribution in [0.2, 0.25) is 0 Å². The zero-order valence-corrected chi connectivity index (χ0v) is 14.1. The number of amides is 3. The Morgan fingerprint density at radius 3 is 2.79 bits per heavy atom. The van der Waals surface area contributed by atoms with Crippen LogP contribution in [0.1, 0.15) is 32.6 Å². The van der Waals surface area contributed by atoms with Gasteiger partial charge in [-0.3, -0.25) is 4.79 Å². The molecule has 1 aliphatic heterocycles. The standard InChI is InChI=1S/C17H24FN3O3/c1-3-16(22)19-12-7-8-14(18)15(10-12)20-17(23)21(2)11-13-6-4-5-9-24-13/h7-8,10,13H,3-6,9,11H2,1-2H3,(H,19,22)(H,20,23)/t13-/m1/s1. The minimum atomic E-state index is -0.555. The number of nitrogens with one attached hydrogen (secondary N) is 2. The Morgan fingerprint density at radius 2 is 2.12 bits per heavy atom. The molecule has 1 heterocycles. The summed E-state index contributed by atoms with van der Waals surface area (Å²) < 4.78 is 19.5. The molecule has 0 bridgehead atoms. The normalized spacial score (nSPS) is 17.2. The number of halogens is 1. The molecule has 132 valence electrons. The third kappa shape index (κ3) is 5.19. The first-order valence-electron chi connectivity index (χ1n) is 8.22. The molecule has 0 spiro atoms. The zero-order valence-electron chi connectivity index (χ0n) is 14.1. The van der Waals surface area contributed by atoms with E-state index < -0.39 is 11.8 Å². The first-order chi connectivity index (χ1) is 11.5. The van der Waals surface area contributed by atoms with Gasteiger partial charge in [-0.15, -0.1) is 0 Å². The Hall–Kier alpha value is -2.15. The van der Waals surface area contributed by atoms with Crippen LogP contribution in [-0.2, 0) is 9.53 Å². The first kappa shape index (κ1) is 18.2. The number of nitrogens with zero attached hydrogens (tertiary/aromatic N) is 1. The van der Waals surface area contributed by atoms with Crippen molar-refractivity contribution in [3.8, 4) is 0 Å². The van der Waals surface area contributed by atoms with Crippen molar-refractivity contribution >= 4 is 23.3 Å². The second-order valence-electron chi connectivity index (χ2n) is 5.90. The second kappa shape index (κ2) is 8.63. The summed E-state index contributed by atoms with van der Waals surface area (Å²) in [6.07, 6.45) is 3.41. The SMILES string of the molecule is CCC(=O)Nc1ccc(F)c(NC(=O)N(C)C[C@H]2CCCCO2)c1. The summed E-state index contributed by atoms with van der Waals surface area (Å²) in [5.41, 5.74) is 0.474. The number of rotatable bonds is 5. The Balaban J connectivity index is 1.96. The lowest BCUT2D eigenvalue weighted by atomic mass is 10.1. The van der Waals surface area contributed by atoms with Crippen LogP contribution in [0.5, 0.6) is 0 Å². The summed E-state index contributed by atoms with van der Waals surface area (Å²) in [4.78, 5) is 25.1. The molecular weight excluding hydrogens is 313 g/mol. The van der Waals surface area contributed by atoms with Crippen molar-refractivity contribution in [2.24, 2.45) is 0 Å². The van der Waals surface area contributed by atoms with Crippen LogP contribution in [-0.4, -0.2) is 43.1 Å². The molecule has 0 unspecified atom stereocenters. The molecule has 3 amide bonds. The monoisotopic (exact) mass is 337 g/mol. The van der Waals surface area contributed by atoms with Gasteiger partial charge in [0.05, 0.1) is 11.8 Å². The van der Waals surface area contributed by atoms with Crippen LogP contribution in [0.4, 0.5) is 20.6 Å². The Bertz CT molecular complexity index is 588. The van der Waals surface area contributed by atoms with E-state index >= 15 is 0 Å². The predicted octanol–water partition coefficient (Wildman–Crippen LogP) is 3.21. The van der Waals surface area contributed by atoms with Crippen LogP contribution < -0.4 is 10.6 Å². The molecule has 0 saturated carbocycles. The lowest BCUT2D eigenvalue weighted by molar-refractivity contribution is -0.115. The van der Waals surface area contributed by atoms with Crippen LogP contribution in [0.3, 0.4) is 0 Å². The van der Waals surface area contributed by atoms with Crippen molar-refractivity contribution in [1.29, 1.82) is 0 Å². The van der Waals surface area contributed by atoms with Crippen LogP contribution in [0.25, 0.3) is 0 Å². The van der Waals surface area contributed by atoms with Crippen LogP contribution >= 0.6 is 0 Å². The quantitative estimate of drug-likeness (QED) is 0.867. The van der Waals surface area contributed by atoms with Crippen LogP contribution in [0, 0.1) is 5.82 Å². The zero-order chi connectivity index (χ0) is 17.5. The molecule has 1 aromatic carbocycles. The number of hydrogen-bond donors (Lipinski definition) is 2. The average Bonchev–Trinajstić information content (AvgIpc) is 2.58. The van der Waals surface area contributed by atoms with Gasteiger partial charge in [-0.05, 0) is 37.5 Å². The van der Waals surface area contributed by atoms with Crippen molar-refractivity contribution in [2.75, 3.05) is 30.8 Å². The number of carbonyl (C=O) groups is 2. The molecule has 1 aliphatic rings. The third-order valence-electron chi connectivity index (χ3n) is 3.91. The van der Waals surface area contributed by atoms with Gasteiger partial charge in [-0.25, -0.2) is 9.18 Å². The van der Waals surface area contributed by atoms with Crippen molar-refractivity contribution < 1.29 is 18.7 Å². The number of hydrogen-bond acceptors (Lipinski definition) is 3. The maximum Gasteiger partial charge on any atom is 0.321 e. The summed E-state index contributed by atoms with van der Waals surface area (Å²) in [5.74, 6) is -0.731. The molecule has 2 N–H and O–H groups in total. The summed E-state index contributed by atoms with van der Waals surface area (Å²) in [6.45, 7) is 2.90. The highest BCUT2D eigenvalue weighted by molar-refractivity contribution is 5.93. The van der Waals surface area contributed by atoms with Crippen molar-refractivity contribution in [2.45, 2.75) is 38.7 Å². The van der Waals surface area contributed by atoms with Crippen molar-refractivity contribution in [1.82, 2.24) is 4.90 Å². The van der Waals surface area contributed by atoms with Gasteiger partial charge in [0.2, 0.25) is 5.91 Å². The van der Waals surface area contributed by atoms with Gasteiger partial charge in [-0.1, -0.05) is 6.92 Å². The van der Waals surface area contributed by atoms with Gasteiger partial charge in [0.1, 0.15) is 5.82 Å². The summed E-state index contributed by atoms with van der Waals surface area (Å²) in [7, 11) is 1.65. The highest BCUT2D eigenvalue weighted by atomic mass is 19.1. The van der Waals surface area contributed by atoms with E-state index in [1.807, 2.05) is 0 Å². The average molecular weight is 337 g/mol.